The molecule has 0 heterocycles. The molecule has 1 aliphatic carbocycles. The molecule has 0 spiro atoms. The van der Waals surface area contributed by atoms with Gasteiger partial charge < -0.3 is 10.1 Å². The van der Waals surface area contributed by atoms with Crippen LogP contribution in [0.2, 0.25) is 0 Å². The molecule has 0 aromatic heterocycles. The van der Waals surface area contributed by atoms with Gasteiger partial charge in [-0.05, 0) is 26.3 Å². The van der Waals surface area contributed by atoms with Crippen LogP contribution in [0.1, 0.15) is 19.3 Å². The quantitative estimate of drug-likeness (QED) is 0.608. The minimum Gasteiger partial charge on any atom is -0.377 e. The molecule has 0 atom stereocenters. The van der Waals surface area contributed by atoms with Gasteiger partial charge in [-0.15, -0.1) is 0 Å². The van der Waals surface area contributed by atoms with Gasteiger partial charge in [0.1, 0.15) is 0 Å². The first kappa shape index (κ1) is 7.03. The molecule has 1 fully saturated rings. The van der Waals surface area contributed by atoms with Crippen molar-refractivity contribution in [3.05, 3.63) is 0 Å². The number of hydrogen-bond donors (Lipinski definition) is 1. The molecule has 0 saturated heterocycles. The second-order valence-electron chi connectivity index (χ2n) is 2.77. The van der Waals surface area contributed by atoms with Gasteiger partial charge in [-0.3, -0.25) is 0 Å². The molecule has 1 N–H and O–H groups in total. The van der Waals surface area contributed by atoms with E-state index in [1.165, 1.54) is 19.3 Å². The minimum atomic E-state index is 0.203. The van der Waals surface area contributed by atoms with E-state index in [9.17, 15) is 0 Å². The molecule has 2 nitrogen and oxygen atoms in total. The highest BCUT2D eigenvalue weighted by Crippen LogP contribution is 2.33. The van der Waals surface area contributed by atoms with Crippen molar-refractivity contribution in [1.82, 2.24) is 5.32 Å². The fraction of sp³-hybridized carbons (Fsp3) is 1.00. The summed E-state index contributed by atoms with van der Waals surface area (Å²) in [7, 11) is 3.77. The maximum Gasteiger partial charge on any atom is 0.0802 e. The number of likely N-dealkylation sites (N-methyl/N-ethyl adjacent to an activating group) is 1. The topological polar surface area (TPSA) is 21.3 Å². The Hall–Kier alpha value is -0.0800. The van der Waals surface area contributed by atoms with Gasteiger partial charge in [-0.1, -0.05) is 0 Å². The van der Waals surface area contributed by atoms with E-state index in [1.54, 1.807) is 7.11 Å². The average Bonchev–Trinajstić information content (AvgIpc) is 1.79. The summed E-state index contributed by atoms with van der Waals surface area (Å²) in [6.45, 7) is 1.00. The van der Waals surface area contributed by atoms with Crippen LogP contribution in [0.3, 0.4) is 0 Å². The normalized spacial score (nSPS) is 23.3. The molecular weight excluding hydrogens is 114 g/mol. The predicted molar refractivity (Wildman–Crippen MR) is 37.5 cm³/mol. The molecule has 0 aromatic carbocycles. The van der Waals surface area contributed by atoms with Crippen LogP contribution in [0.4, 0.5) is 0 Å². The Morgan fingerprint density at radius 3 is 2.33 bits per heavy atom. The SMILES string of the molecule is CNCC1(OC)CCC1. The average molecular weight is 129 g/mol. The Morgan fingerprint density at radius 1 is 1.56 bits per heavy atom. The van der Waals surface area contributed by atoms with Crippen molar-refractivity contribution in [2.24, 2.45) is 0 Å². The van der Waals surface area contributed by atoms with E-state index < -0.39 is 0 Å². The molecule has 0 radical (unpaired) electrons. The summed E-state index contributed by atoms with van der Waals surface area (Å²) in [5.74, 6) is 0. The molecule has 2 heteroatoms. The monoisotopic (exact) mass is 129 g/mol. The molecule has 0 amide bonds. The van der Waals surface area contributed by atoms with Gasteiger partial charge in [-0.25, -0.2) is 0 Å². The third-order valence-electron chi connectivity index (χ3n) is 2.20. The van der Waals surface area contributed by atoms with Crippen molar-refractivity contribution in [3.8, 4) is 0 Å². The third-order valence-corrected chi connectivity index (χ3v) is 2.20. The van der Waals surface area contributed by atoms with Crippen LogP contribution in [-0.2, 0) is 4.74 Å². The summed E-state index contributed by atoms with van der Waals surface area (Å²) in [5.41, 5.74) is 0.203. The van der Waals surface area contributed by atoms with Crippen molar-refractivity contribution in [2.75, 3.05) is 20.7 Å². The predicted octanol–water partition coefficient (Wildman–Crippen LogP) is 0.775. The minimum absolute atomic E-state index is 0.203. The zero-order chi connectivity index (χ0) is 6.74. The first-order valence-electron chi connectivity index (χ1n) is 3.53. The van der Waals surface area contributed by atoms with Crippen molar-refractivity contribution in [3.63, 3.8) is 0 Å². The Balaban J connectivity index is 2.28. The lowest BCUT2D eigenvalue weighted by molar-refractivity contribution is -0.0681. The highest BCUT2D eigenvalue weighted by molar-refractivity contribution is 4.90. The van der Waals surface area contributed by atoms with Crippen molar-refractivity contribution < 1.29 is 4.74 Å². The van der Waals surface area contributed by atoms with E-state index in [0.717, 1.165) is 6.54 Å². The number of hydrogen-bond acceptors (Lipinski definition) is 2. The molecule has 54 valence electrons. The second-order valence-corrected chi connectivity index (χ2v) is 2.77. The summed E-state index contributed by atoms with van der Waals surface area (Å²) in [5, 5.41) is 3.14. The molecule has 0 bridgehead atoms. The van der Waals surface area contributed by atoms with Gasteiger partial charge >= 0.3 is 0 Å². The first-order chi connectivity index (χ1) is 4.33. The largest absolute Gasteiger partial charge is 0.377 e. The molecule has 1 aliphatic rings. The van der Waals surface area contributed by atoms with Gasteiger partial charge in [0.25, 0.3) is 0 Å². The van der Waals surface area contributed by atoms with Crippen molar-refractivity contribution in [1.29, 1.82) is 0 Å². The van der Waals surface area contributed by atoms with Crippen LogP contribution in [0.15, 0.2) is 0 Å². The summed E-state index contributed by atoms with van der Waals surface area (Å²) >= 11 is 0. The standard InChI is InChI=1S/C7H15NO/c1-8-6-7(9-2)4-3-5-7/h8H,3-6H2,1-2H3. The summed E-state index contributed by atoms with van der Waals surface area (Å²) in [6.07, 6.45) is 3.78. The van der Waals surface area contributed by atoms with Crippen LogP contribution in [-0.4, -0.2) is 26.3 Å². The van der Waals surface area contributed by atoms with Crippen LogP contribution in [0, 0.1) is 0 Å². The highest BCUT2D eigenvalue weighted by atomic mass is 16.5. The van der Waals surface area contributed by atoms with Crippen molar-refractivity contribution in [2.45, 2.75) is 24.9 Å². The second kappa shape index (κ2) is 2.67. The third kappa shape index (κ3) is 1.25. The number of nitrogens with one attached hydrogen (secondary N) is 1. The zero-order valence-electron chi connectivity index (χ0n) is 6.24. The maximum atomic E-state index is 5.35. The zero-order valence-corrected chi connectivity index (χ0v) is 6.24. The first-order valence-corrected chi connectivity index (χ1v) is 3.53. The Kier molecular flexibility index (Phi) is 2.09. The fourth-order valence-corrected chi connectivity index (χ4v) is 1.35. The number of ether oxygens (including phenoxy) is 1. The molecular formula is C7H15NO. The fourth-order valence-electron chi connectivity index (χ4n) is 1.35. The molecule has 1 rings (SSSR count). The molecule has 0 aromatic rings. The molecule has 1 saturated carbocycles. The number of rotatable bonds is 3. The van der Waals surface area contributed by atoms with E-state index in [4.69, 9.17) is 4.74 Å². The molecule has 0 unspecified atom stereocenters. The molecule has 9 heavy (non-hydrogen) atoms. The van der Waals surface area contributed by atoms with Crippen molar-refractivity contribution >= 4 is 0 Å². The summed E-state index contributed by atoms with van der Waals surface area (Å²) < 4.78 is 5.35. The lowest BCUT2D eigenvalue weighted by atomic mass is 9.80. The van der Waals surface area contributed by atoms with E-state index >= 15 is 0 Å². The van der Waals surface area contributed by atoms with Crippen LogP contribution >= 0.6 is 0 Å². The number of methoxy groups -OCH3 is 1. The maximum absolute atomic E-state index is 5.35. The van der Waals surface area contributed by atoms with Gasteiger partial charge in [0, 0.05) is 13.7 Å². The van der Waals surface area contributed by atoms with Crippen LogP contribution < -0.4 is 5.32 Å². The van der Waals surface area contributed by atoms with E-state index in [1.807, 2.05) is 7.05 Å². The van der Waals surface area contributed by atoms with Gasteiger partial charge in [0.05, 0.1) is 5.60 Å². The van der Waals surface area contributed by atoms with E-state index in [2.05, 4.69) is 5.32 Å². The lowest BCUT2D eigenvalue weighted by Gasteiger charge is -2.40. The smallest absolute Gasteiger partial charge is 0.0802 e. The van der Waals surface area contributed by atoms with Gasteiger partial charge in [0.2, 0.25) is 0 Å². The summed E-state index contributed by atoms with van der Waals surface area (Å²) in [4.78, 5) is 0. The van der Waals surface area contributed by atoms with E-state index in [-0.39, 0.29) is 5.60 Å². The Bertz CT molecular complexity index is 83.4. The summed E-state index contributed by atoms with van der Waals surface area (Å²) in [6, 6.07) is 0. The molecule has 0 aliphatic heterocycles. The van der Waals surface area contributed by atoms with Gasteiger partial charge in [0.15, 0.2) is 0 Å². The Labute approximate surface area is 56.6 Å². The lowest BCUT2D eigenvalue weighted by Crippen LogP contribution is -2.47. The highest BCUT2D eigenvalue weighted by Gasteiger charge is 2.35. The van der Waals surface area contributed by atoms with Gasteiger partial charge in [-0.2, -0.15) is 0 Å². The van der Waals surface area contributed by atoms with E-state index in [0.29, 0.717) is 0 Å². The van der Waals surface area contributed by atoms with Crippen LogP contribution in [0.25, 0.3) is 0 Å². The Morgan fingerprint density at radius 2 is 2.22 bits per heavy atom. The van der Waals surface area contributed by atoms with Crippen LogP contribution in [0.5, 0.6) is 0 Å².